The van der Waals surface area contributed by atoms with Gasteiger partial charge in [-0.2, -0.15) is 0 Å². The Bertz CT molecular complexity index is 330. The summed E-state index contributed by atoms with van der Waals surface area (Å²) in [5, 5.41) is 0. The van der Waals surface area contributed by atoms with Crippen LogP contribution in [0, 0.1) is 5.41 Å². The predicted molar refractivity (Wildman–Crippen MR) is 63.8 cm³/mol. The molecule has 1 heterocycles. The van der Waals surface area contributed by atoms with E-state index in [9.17, 15) is 0 Å². The molecule has 0 saturated carbocycles. The summed E-state index contributed by atoms with van der Waals surface area (Å²) in [6.45, 7) is 8.77. The van der Waals surface area contributed by atoms with E-state index in [1.165, 1.54) is 6.33 Å². The Morgan fingerprint density at radius 2 is 2.00 bits per heavy atom. The molecule has 1 atom stereocenters. The second-order valence-corrected chi connectivity index (χ2v) is 4.95. The van der Waals surface area contributed by atoms with Crippen LogP contribution >= 0.6 is 0 Å². The van der Waals surface area contributed by atoms with Crippen LogP contribution in [-0.4, -0.2) is 23.1 Å². The molecule has 15 heavy (non-hydrogen) atoms. The van der Waals surface area contributed by atoms with Crippen molar-refractivity contribution in [3.05, 3.63) is 12.5 Å². The highest BCUT2D eigenvalue weighted by Gasteiger charge is 2.25. The molecule has 0 amide bonds. The lowest BCUT2D eigenvalue weighted by molar-refractivity contribution is 0.328. The number of nitrogen functional groups attached to an aromatic ring is 1. The highest BCUT2D eigenvalue weighted by Crippen LogP contribution is 2.28. The van der Waals surface area contributed by atoms with Crippen molar-refractivity contribution in [3.8, 4) is 0 Å². The lowest BCUT2D eigenvalue weighted by atomic mass is 9.87. The van der Waals surface area contributed by atoms with Crippen molar-refractivity contribution in [2.24, 2.45) is 5.41 Å². The van der Waals surface area contributed by atoms with Crippen LogP contribution in [0.5, 0.6) is 0 Å². The molecular weight excluding hydrogens is 188 g/mol. The summed E-state index contributed by atoms with van der Waals surface area (Å²) in [6.07, 6.45) is 3.16. The maximum Gasteiger partial charge on any atom is 0.155 e. The average molecular weight is 208 g/mol. The van der Waals surface area contributed by atoms with E-state index in [0.717, 1.165) is 5.82 Å². The maximum absolute atomic E-state index is 5.84. The molecule has 4 nitrogen and oxygen atoms in total. The van der Waals surface area contributed by atoms with Gasteiger partial charge >= 0.3 is 0 Å². The Kier molecular flexibility index (Phi) is 3.17. The fraction of sp³-hybridized carbons (Fsp3) is 0.636. The molecule has 0 aliphatic heterocycles. The van der Waals surface area contributed by atoms with Crippen LogP contribution in [-0.2, 0) is 0 Å². The van der Waals surface area contributed by atoms with Crippen molar-refractivity contribution < 1.29 is 0 Å². The van der Waals surface area contributed by atoms with Gasteiger partial charge in [0.25, 0.3) is 0 Å². The summed E-state index contributed by atoms with van der Waals surface area (Å²) in [5.74, 6) is 0.799. The minimum atomic E-state index is 0.187. The molecule has 0 fully saturated rings. The first-order chi connectivity index (χ1) is 6.84. The number of rotatable bonds is 2. The number of nitrogens with zero attached hydrogens (tertiary/aromatic N) is 3. The summed E-state index contributed by atoms with van der Waals surface area (Å²) in [7, 11) is 2.01. The molecule has 0 aliphatic rings. The number of nitrogens with two attached hydrogens (primary N) is 1. The number of hydrogen-bond acceptors (Lipinski definition) is 4. The highest BCUT2D eigenvalue weighted by atomic mass is 15.2. The molecule has 1 unspecified atom stereocenters. The monoisotopic (exact) mass is 208 g/mol. The molecule has 0 aliphatic carbocycles. The molecule has 84 valence electrons. The van der Waals surface area contributed by atoms with Crippen molar-refractivity contribution in [1.29, 1.82) is 0 Å². The van der Waals surface area contributed by atoms with Gasteiger partial charge in [0, 0.05) is 13.1 Å². The van der Waals surface area contributed by atoms with E-state index >= 15 is 0 Å². The van der Waals surface area contributed by atoms with Gasteiger partial charge in [0.05, 0.1) is 11.9 Å². The Balaban J connectivity index is 2.95. The molecule has 0 spiro atoms. The van der Waals surface area contributed by atoms with Crippen molar-refractivity contribution in [3.63, 3.8) is 0 Å². The van der Waals surface area contributed by atoms with Crippen LogP contribution < -0.4 is 10.6 Å². The quantitative estimate of drug-likeness (QED) is 0.807. The fourth-order valence-corrected chi connectivity index (χ4v) is 1.39. The largest absolute Gasteiger partial charge is 0.394 e. The van der Waals surface area contributed by atoms with E-state index in [4.69, 9.17) is 5.73 Å². The van der Waals surface area contributed by atoms with Gasteiger partial charge in [-0.1, -0.05) is 20.8 Å². The molecule has 0 saturated heterocycles. The van der Waals surface area contributed by atoms with Crippen molar-refractivity contribution in [2.45, 2.75) is 33.7 Å². The van der Waals surface area contributed by atoms with E-state index in [1.54, 1.807) is 6.20 Å². The van der Waals surface area contributed by atoms with Gasteiger partial charge in [-0.05, 0) is 12.3 Å². The predicted octanol–water partition coefficient (Wildman–Crippen LogP) is 1.93. The van der Waals surface area contributed by atoms with Crippen molar-refractivity contribution >= 4 is 11.5 Å². The van der Waals surface area contributed by atoms with E-state index in [2.05, 4.69) is 42.6 Å². The fourth-order valence-electron chi connectivity index (χ4n) is 1.39. The molecule has 1 rings (SSSR count). The Labute approximate surface area is 91.5 Å². The van der Waals surface area contributed by atoms with E-state index in [0.29, 0.717) is 11.7 Å². The molecule has 4 heteroatoms. The molecule has 0 aromatic carbocycles. The van der Waals surface area contributed by atoms with Crippen LogP contribution in [0.1, 0.15) is 27.7 Å². The van der Waals surface area contributed by atoms with E-state index < -0.39 is 0 Å². The Hall–Kier alpha value is -1.32. The van der Waals surface area contributed by atoms with Crippen molar-refractivity contribution in [2.75, 3.05) is 17.7 Å². The van der Waals surface area contributed by atoms with Gasteiger partial charge in [-0.25, -0.2) is 9.97 Å². The third-order valence-electron chi connectivity index (χ3n) is 2.89. The third kappa shape index (κ3) is 2.58. The van der Waals surface area contributed by atoms with Gasteiger partial charge < -0.3 is 10.6 Å². The molecule has 0 radical (unpaired) electrons. The zero-order chi connectivity index (χ0) is 11.6. The van der Waals surface area contributed by atoms with E-state index in [-0.39, 0.29) is 5.41 Å². The second-order valence-electron chi connectivity index (χ2n) is 4.95. The minimum Gasteiger partial charge on any atom is -0.394 e. The second kappa shape index (κ2) is 4.04. The first-order valence-corrected chi connectivity index (χ1v) is 5.12. The zero-order valence-corrected chi connectivity index (χ0v) is 10.2. The summed E-state index contributed by atoms with van der Waals surface area (Å²) < 4.78 is 0. The van der Waals surface area contributed by atoms with Gasteiger partial charge in [0.2, 0.25) is 0 Å². The smallest absolute Gasteiger partial charge is 0.155 e. The third-order valence-corrected chi connectivity index (χ3v) is 2.89. The van der Waals surface area contributed by atoms with Crippen LogP contribution in [0.3, 0.4) is 0 Å². The molecule has 0 bridgehead atoms. The summed E-state index contributed by atoms with van der Waals surface area (Å²) >= 11 is 0. The van der Waals surface area contributed by atoms with Gasteiger partial charge in [0.1, 0.15) is 6.33 Å². The molecular formula is C11H20N4. The SMILES string of the molecule is CC(N(C)c1ncncc1N)C(C)(C)C. The maximum atomic E-state index is 5.84. The van der Waals surface area contributed by atoms with Gasteiger partial charge in [-0.3, -0.25) is 0 Å². The van der Waals surface area contributed by atoms with Crippen LogP contribution in [0.4, 0.5) is 11.5 Å². The molecule has 1 aromatic heterocycles. The first-order valence-electron chi connectivity index (χ1n) is 5.12. The summed E-state index contributed by atoms with van der Waals surface area (Å²) in [6, 6.07) is 0.356. The standard InChI is InChI=1S/C11H20N4/c1-8(11(2,3)4)15(5)10-9(12)6-13-7-14-10/h6-8H,12H2,1-5H3. The first kappa shape index (κ1) is 11.8. The van der Waals surface area contributed by atoms with Crippen molar-refractivity contribution in [1.82, 2.24) is 9.97 Å². The highest BCUT2D eigenvalue weighted by molar-refractivity contribution is 5.61. The number of anilines is 2. The normalized spacial score (nSPS) is 13.7. The van der Waals surface area contributed by atoms with Crippen LogP contribution in [0.15, 0.2) is 12.5 Å². The van der Waals surface area contributed by atoms with Crippen LogP contribution in [0.25, 0.3) is 0 Å². The van der Waals surface area contributed by atoms with E-state index in [1.807, 2.05) is 7.05 Å². The van der Waals surface area contributed by atoms with Gasteiger partial charge in [0.15, 0.2) is 5.82 Å². The average Bonchev–Trinajstić information content (AvgIpc) is 2.15. The lowest BCUT2D eigenvalue weighted by Gasteiger charge is -2.36. The Morgan fingerprint density at radius 1 is 1.40 bits per heavy atom. The number of hydrogen-bond donors (Lipinski definition) is 1. The topological polar surface area (TPSA) is 55.0 Å². The summed E-state index contributed by atoms with van der Waals surface area (Å²) in [5.41, 5.74) is 6.64. The zero-order valence-electron chi connectivity index (χ0n) is 10.2. The minimum absolute atomic E-state index is 0.187. The number of aromatic nitrogens is 2. The van der Waals surface area contributed by atoms with Crippen LogP contribution in [0.2, 0.25) is 0 Å². The van der Waals surface area contributed by atoms with Gasteiger partial charge in [-0.15, -0.1) is 0 Å². The molecule has 2 N–H and O–H groups in total. The molecule has 1 aromatic rings. The summed E-state index contributed by atoms with van der Waals surface area (Å²) in [4.78, 5) is 10.2. The Morgan fingerprint density at radius 3 is 2.47 bits per heavy atom. The lowest BCUT2D eigenvalue weighted by Crippen LogP contribution is -2.40.